The minimum Gasteiger partial charge on any atom is -0.494 e. The van der Waals surface area contributed by atoms with Crippen LogP contribution in [0.5, 0.6) is 11.6 Å². The van der Waals surface area contributed by atoms with Crippen molar-refractivity contribution in [2.45, 2.75) is 37.7 Å². The molecule has 4 aromatic rings. The molecule has 1 saturated heterocycles. The normalized spacial score (nSPS) is 20.2. The molecule has 7 heteroatoms. The summed E-state index contributed by atoms with van der Waals surface area (Å²) in [6, 6.07) is 18.7. The van der Waals surface area contributed by atoms with Crippen LogP contribution in [-0.4, -0.2) is 34.3 Å². The molecule has 3 heterocycles. The number of benzene rings is 2. The van der Waals surface area contributed by atoms with Gasteiger partial charge in [-0.05, 0) is 67.1 Å². The fourth-order valence-corrected chi connectivity index (χ4v) is 6.06. The van der Waals surface area contributed by atoms with E-state index in [1.54, 1.807) is 0 Å². The predicted octanol–water partition coefficient (Wildman–Crippen LogP) is 4.82. The van der Waals surface area contributed by atoms with Crippen molar-refractivity contribution in [3.63, 3.8) is 0 Å². The summed E-state index contributed by atoms with van der Waals surface area (Å²) in [4.78, 5) is 21.8. The Labute approximate surface area is 195 Å². The number of thiazole rings is 1. The molecule has 1 aliphatic carbocycles. The first-order chi connectivity index (χ1) is 16.1. The summed E-state index contributed by atoms with van der Waals surface area (Å²) in [5, 5.41) is 11.2. The van der Waals surface area contributed by atoms with Gasteiger partial charge in [0.15, 0.2) is 0 Å². The zero-order valence-corrected chi connectivity index (χ0v) is 19.0. The van der Waals surface area contributed by atoms with E-state index in [0.29, 0.717) is 0 Å². The summed E-state index contributed by atoms with van der Waals surface area (Å²) >= 11 is 1.10. The Morgan fingerprint density at radius 3 is 2.91 bits per heavy atom. The zero-order valence-electron chi connectivity index (χ0n) is 18.2. The van der Waals surface area contributed by atoms with Crippen molar-refractivity contribution in [1.82, 2.24) is 9.97 Å². The number of hydrogen-bond donors (Lipinski definition) is 2. The summed E-state index contributed by atoms with van der Waals surface area (Å²) in [6.45, 7) is 1.80. The maximum Gasteiger partial charge on any atom is 0.307 e. The van der Waals surface area contributed by atoms with Crippen LogP contribution in [0.25, 0.3) is 10.9 Å². The van der Waals surface area contributed by atoms with E-state index in [1.165, 1.54) is 11.1 Å². The fraction of sp³-hybridized carbons (Fsp3) is 0.308. The average Bonchev–Trinajstić information content (AvgIpc) is 3.40. The lowest BCUT2D eigenvalue weighted by Crippen LogP contribution is -2.41. The molecule has 6 rings (SSSR count). The van der Waals surface area contributed by atoms with E-state index < -0.39 is 0 Å². The molecule has 2 aromatic heterocycles. The zero-order chi connectivity index (χ0) is 22.4. The quantitative estimate of drug-likeness (QED) is 0.458. The van der Waals surface area contributed by atoms with Crippen LogP contribution in [0.3, 0.4) is 0 Å². The Balaban J connectivity index is 1.18. The minimum absolute atomic E-state index is 0.00720. The van der Waals surface area contributed by atoms with E-state index in [4.69, 9.17) is 9.72 Å². The third-order valence-corrected chi connectivity index (χ3v) is 7.74. The number of H-pyrrole nitrogens is 1. The Bertz CT molecular complexity index is 1380. The van der Waals surface area contributed by atoms with Gasteiger partial charge < -0.3 is 14.7 Å². The van der Waals surface area contributed by atoms with E-state index >= 15 is 0 Å². The largest absolute Gasteiger partial charge is 0.494 e. The lowest BCUT2D eigenvalue weighted by atomic mass is 10.00. The molecule has 2 unspecified atom stereocenters. The third-order valence-electron chi connectivity index (χ3n) is 6.75. The number of piperidine rings is 1. The summed E-state index contributed by atoms with van der Waals surface area (Å²) in [6.07, 6.45) is 4.01. The molecule has 168 valence electrons. The number of nitrogens with one attached hydrogen (secondary N) is 1. The van der Waals surface area contributed by atoms with Crippen molar-refractivity contribution in [3.05, 3.63) is 80.3 Å². The predicted molar refractivity (Wildman–Crippen MR) is 131 cm³/mol. The number of rotatable bonds is 4. The average molecular weight is 460 g/mol. The Morgan fingerprint density at radius 2 is 2.03 bits per heavy atom. The Hall–Kier alpha value is -3.32. The molecule has 6 nitrogen and oxygen atoms in total. The monoisotopic (exact) mass is 459 g/mol. The van der Waals surface area contributed by atoms with Crippen molar-refractivity contribution in [1.29, 1.82) is 0 Å². The lowest BCUT2D eigenvalue weighted by molar-refractivity contribution is 0.179. The number of fused-ring (bicyclic) bond motifs is 2. The number of aromatic nitrogens is 2. The van der Waals surface area contributed by atoms with Crippen LogP contribution in [0.4, 0.5) is 5.82 Å². The highest BCUT2D eigenvalue weighted by Gasteiger charge is 2.29. The number of anilines is 1. The number of para-hydroxylation sites is 1. The highest BCUT2D eigenvalue weighted by Crippen LogP contribution is 2.43. The van der Waals surface area contributed by atoms with E-state index in [1.807, 2.05) is 18.2 Å². The highest BCUT2D eigenvalue weighted by atomic mass is 32.1. The van der Waals surface area contributed by atoms with Gasteiger partial charge in [-0.2, -0.15) is 0 Å². The van der Waals surface area contributed by atoms with Gasteiger partial charge in [0.1, 0.15) is 17.7 Å². The molecule has 2 aliphatic rings. The van der Waals surface area contributed by atoms with Crippen LogP contribution in [0, 0.1) is 0 Å². The Morgan fingerprint density at radius 1 is 1.12 bits per heavy atom. The lowest BCUT2D eigenvalue weighted by Gasteiger charge is -2.34. The van der Waals surface area contributed by atoms with Crippen LogP contribution in [0.15, 0.2) is 59.4 Å². The number of aromatic hydroxyl groups is 1. The number of nitrogens with zero attached hydrogens (tertiary/aromatic N) is 2. The minimum atomic E-state index is -0.210. The molecule has 2 N–H and O–H groups in total. The SMILES string of the molecule is O=c1[nH]c(O)c(C2CCc3cc(OC4CCCN(c5ccc6ccccc6n5)C4)ccc32)s1. The first-order valence-electron chi connectivity index (χ1n) is 11.5. The van der Waals surface area contributed by atoms with Crippen LogP contribution in [-0.2, 0) is 6.42 Å². The first kappa shape index (κ1) is 20.3. The molecule has 1 aliphatic heterocycles. The van der Waals surface area contributed by atoms with Crippen molar-refractivity contribution in [3.8, 4) is 11.6 Å². The number of aryl methyl sites for hydroxylation is 1. The standard InChI is InChI=1S/C26H25N3O3S/c30-25-24(33-26(31)28-25)21-10-7-17-14-18(9-11-20(17)21)32-19-5-3-13-29(15-19)23-12-8-16-4-1-2-6-22(16)27-23/h1-2,4,6,8-9,11-12,14,19,21,30H,3,5,7,10,13,15H2,(H,28,31). The topological polar surface area (TPSA) is 78.5 Å². The second kappa shape index (κ2) is 8.23. The molecule has 33 heavy (non-hydrogen) atoms. The van der Waals surface area contributed by atoms with Gasteiger partial charge in [0.2, 0.25) is 5.88 Å². The number of aromatic amines is 1. The van der Waals surface area contributed by atoms with Crippen LogP contribution in [0.1, 0.15) is 41.2 Å². The number of hydrogen-bond acceptors (Lipinski definition) is 6. The molecule has 0 bridgehead atoms. The Kier molecular flexibility index (Phi) is 5.06. The van der Waals surface area contributed by atoms with Crippen LogP contribution in [0.2, 0.25) is 0 Å². The van der Waals surface area contributed by atoms with Gasteiger partial charge in [-0.1, -0.05) is 35.6 Å². The maximum atomic E-state index is 11.6. The molecule has 0 amide bonds. The number of pyridine rings is 1. The summed E-state index contributed by atoms with van der Waals surface area (Å²) in [7, 11) is 0. The molecule has 0 radical (unpaired) electrons. The second-order valence-electron chi connectivity index (χ2n) is 8.87. The molecule has 2 aromatic carbocycles. The van der Waals surface area contributed by atoms with Gasteiger partial charge in [0.05, 0.1) is 16.9 Å². The van der Waals surface area contributed by atoms with Crippen molar-refractivity contribution < 1.29 is 9.84 Å². The van der Waals surface area contributed by atoms with E-state index in [0.717, 1.165) is 77.5 Å². The van der Waals surface area contributed by atoms with Gasteiger partial charge in [-0.3, -0.25) is 9.78 Å². The smallest absolute Gasteiger partial charge is 0.307 e. The molecular weight excluding hydrogens is 434 g/mol. The van der Waals surface area contributed by atoms with E-state index in [-0.39, 0.29) is 22.8 Å². The van der Waals surface area contributed by atoms with Gasteiger partial charge in [-0.25, -0.2) is 4.98 Å². The van der Waals surface area contributed by atoms with Crippen LogP contribution < -0.4 is 14.5 Å². The van der Waals surface area contributed by atoms with Gasteiger partial charge >= 0.3 is 4.87 Å². The van der Waals surface area contributed by atoms with Gasteiger partial charge in [0.25, 0.3) is 0 Å². The van der Waals surface area contributed by atoms with Crippen molar-refractivity contribution in [2.24, 2.45) is 0 Å². The first-order valence-corrected chi connectivity index (χ1v) is 12.3. The molecular formula is C26H25N3O3S. The number of ether oxygens (including phenoxy) is 1. The fourth-order valence-electron chi connectivity index (χ4n) is 5.17. The maximum absolute atomic E-state index is 11.6. The molecule has 0 spiro atoms. The molecule has 0 saturated carbocycles. The van der Waals surface area contributed by atoms with Crippen LogP contribution >= 0.6 is 11.3 Å². The molecule has 1 fully saturated rings. The third kappa shape index (κ3) is 3.86. The highest BCUT2D eigenvalue weighted by molar-refractivity contribution is 7.09. The summed E-state index contributed by atoms with van der Waals surface area (Å²) in [5.74, 6) is 1.97. The summed E-state index contributed by atoms with van der Waals surface area (Å²) in [5.41, 5.74) is 3.44. The van der Waals surface area contributed by atoms with Crippen molar-refractivity contribution >= 4 is 28.1 Å². The second-order valence-corrected chi connectivity index (χ2v) is 9.88. The summed E-state index contributed by atoms with van der Waals surface area (Å²) < 4.78 is 6.42. The van der Waals surface area contributed by atoms with E-state index in [2.05, 4.69) is 46.3 Å². The molecule has 2 atom stereocenters. The van der Waals surface area contributed by atoms with Crippen molar-refractivity contribution in [2.75, 3.05) is 18.0 Å². The van der Waals surface area contributed by atoms with Gasteiger partial charge in [0, 0.05) is 17.8 Å². The van der Waals surface area contributed by atoms with Gasteiger partial charge in [-0.15, -0.1) is 0 Å². The van der Waals surface area contributed by atoms with E-state index in [9.17, 15) is 9.90 Å².